The highest BCUT2D eigenvalue weighted by molar-refractivity contribution is 5.77. The topological polar surface area (TPSA) is 69.6 Å². The average Bonchev–Trinajstić information content (AvgIpc) is 3.29. The lowest BCUT2D eigenvalue weighted by molar-refractivity contribution is -0.134. The van der Waals surface area contributed by atoms with E-state index in [9.17, 15) is 9.90 Å². The van der Waals surface area contributed by atoms with Gasteiger partial charge in [0.2, 0.25) is 5.91 Å². The Hall–Kier alpha value is -1.95. The monoisotopic (exact) mass is 548 g/mol. The van der Waals surface area contributed by atoms with Gasteiger partial charge in [0.15, 0.2) is 0 Å². The van der Waals surface area contributed by atoms with Gasteiger partial charge in [0.05, 0.1) is 6.10 Å². The largest absolute Gasteiger partial charge is 0.393 e. The lowest BCUT2D eigenvalue weighted by Gasteiger charge is -2.58. The molecule has 6 rings (SSSR count). The molecule has 6 heteroatoms. The number of hydrogen-bond acceptors (Lipinski definition) is 5. The number of fused-ring (bicyclic) bond motifs is 5. The second-order valence-corrected chi connectivity index (χ2v) is 14.7. The van der Waals surface area contributed by atoms with Crippen molar-refractivity contribution < 1.29 is 9.90 Å². The average molecular weight is 549 g/mol. The highest BCUT2D eigenvalue weighted by atomic mass is 16.3. The van der Waals surface area contributed by atoms with Crippen LogP contribution in [0.15, 0.2) is 23.9 Å². The number of piperazine rings is 1. The summed E-state index contributed by atoms with van der Waals surface area (Å²) in [7, 11) is 0. The number of carbonyl (C=O) groups excluding carboxylic acids is 1. The minimum atomic E-state index is -0.126. The van der Waals surface area contributed by atoms with E-state index in [1.54, 1.807) is 5.57 Å². The number of allylic oxidation sites excluding steroid dienone is 1. The molecule has 4 aliphatic carbocycles. The lowest BCUT2D eigenvalue weighted by atomic mass is 9.47. The van der Waals surface area contributed by atoms with Crippen LogP contribution in [0.5, 0.6) is 0 Å². The molecule has 5 aliphatic rings. The summed E-state index contributed by atoms with van der Waals surface area (Å²) >= 11 is 0. The Labute approximate surface area is 242 Å². The maximum atomic E-state index is 13.4. The van der Waals surface area contributed by atoms with Crippen LogP contribution < -0.4 is 4.90 Å². The van der Waals surface area contributed by atoms with Gasteiger partial charge in [-0.3, -0.25) is 4.79 Å². The summed E-state index contributed by atoms with van der Waals surface area (Å²) in [4.78, 5) is 26.7. The molecule has 1 aromatic rings. The van der Waals surface area contributed by atoms with Crippen molar-refractivity contribution >= 4 is 11.7 Å². The molecule has 0 unspecified atom stereocenters. The van der Waals surface area contributed by atoms with Crippen molar-refractivity contribution in [2.24, 2.45) is 40.4 Å². The first kappa shape index (κ1) is 28.2. The van der Waals surface area contributed by atoms with Crippen molar-refractivity contribution in [3.05, 3.63) is 29.7 Å². The lowest BCUT2D eigenvalue weighted by Crippen LogP contribution is -2.54. The fourth-order valence-corrected chi connectivity index (χ4v) is 10.5. The second-order valence-electron chi connectivity index (χ2n) is 14.7. The van der Waals surface area contributed by atoms with Crippen molar-refractivity contribution in [2.45, 2.75) is 111 Å². The third-order valence-electron chi connectivity index (χ3n) is 12.7. The molecule has 4 fully saturated rings. The van der Waals surface area contributed by atoms with E-state index in [2.05, 4.69) is 53.5 Å². The molecule has 1 aliphatic heterocycles. The van der Waals surface area contributed by atoms with Gasteiger partial charge >= 0.3 is 0 Å². The molecule has 0 spiro atoms. The highest BCUT2D eigenvalue weighted by Gasteiger charge is 2.59. The number of aliphatic hydroxyl groups excluding tert-OH is 1. The first-order valence-corrected chi connectivity index (χ1v) is 16.3. The maximum Gasteiger partial charge on any atom is 0.222 e. The van der Waals surface area contributed by atoms with Gasteiger partial charge in [0, 0.05) is 38.3 Å². The number of nitrogens with zero attached hydrogens (tertiary/aromatic N) is 4. The molecule has 220 valence electrons. The minimum absolute atomic E-state index is 0.126. The number of carbonyl (C=O) groups is 1. The summed E-state index contributed by atoms with van der Waals surface area (Å²) in [5.41, 5.74) is 2.29. The molecule has 2 heterocycles. The van der Waals surface area contributed by atoms with Gasteiger partial charge in [0.1, 0.15) is 11.6 Å². The number of rotatable bonds is 5. The standard InChI is InChI=1S/C34H52N4O2/c1-22(6-11-32(40)38-19-18-37(21-23(38)2)31-14-17-35-24(3)36-31)28-9-10-29-27-8-7-25-20-26(39)12-15-33(25,4)30(27)13-16-34(28,29)5/h7,14,17,22-23,26-30,39H,6,8-13,15-16,18-21H2,1-5H3/t22-,23+,26+,27+,28-,29+,30+,33+,34-/m1/s1. The fraction of sp³-hybridized carbons (Fsp3) is 0.794. The summed E-state index contributed by atoms with van der Waals surface area (Å²) in [5, 5.41) is 10.3. The Morgan fingerprint density at radius 2 is 1.98 bits per heavy atom. The molecule has 1 aromatic heterocycles. The van der Waals surface area contributed by atoms with Gasteiger partial charge in [-0.15, -0.1) is 0 Å². The number of aliphatic hydroxyl groups is 1. The van der Waals surface area contributed by atoms with E-state index in [0.717, 1.165) is 80.6 Å². The Kier molecular flexibility index (Phi) is 7.55. The van der Waals surface area contributed by atoms with Crippen molar-refractivity contribution in [2.75, 3.05) is 24.5 Å². The predicted molar refractivity (Wildman–Crippen MR) is 160 cm³/mol. The molecule has 3 saturated carbocycles. The first-order valence-electron chi connectivity index (χ1n) is 16.3. The van der Waals surface area contributed by atoms with Crippen LogP contribution in [0, 0.1) is 47.3 Å². The predicted octanol–water partition coefficient (Wildman–Crippen LogP) is 6.18. The molecule has 0 radical (unpaired) electrons. The number of hydrogen-bond donors (Lipinski definition) is 1. The van der Waals surface area contributed by atoms with Crippen LogP contribution in [-0.2, 0) is 4.79 Å². The summed E-state index contributed by atoms with van der Waals surface area (Å²) in [5.74, 6) is 5.82. The van der Waals surface area contributed by atoms with Crippen LogP contribution in [0.2, 0.25) is 0 Å². The molecule has 0 aromatic carbocycles. The van der Waals surface area contributed by atoms with E-state index in [-0.39, 0.29) is 12.1 Å². The summed E-state index contributed by atoms with van der Waals surface area (Å²) in [6.45, 7) is 14.1. The Morgan fingerprint density at radius 1 is 1.15 bits per heavy atom. The molecular formula is C34H52N4O2. The molecule has 1 amide bonds. The van der Waals surface area contributed by atoms with E-state index >= 15 is 0 Å². The zero-order valence-corrected chi connectivity index (χ0v) is 25.6. The van der Waals surface area contributed by atoms with Crippen LogP contribution in [-0.4, -0.2) is 57.7 Å². The van der Waals surface area contributed by atoms with Gasteiger partial charge in [-0.1, -0.05) is 32.4 Å². The number of amides is 1. The van der Waals surface area contributed by atoms with Gasteiger partial charge in [0.25, 0.3) is 0 Å². The van der Waals surface area contributed by atoms with Crippen LogP contribution >= 0.6 is 0 Å². The van der Waals surface area contributed by atoms with Crippen molar-refractivity contribution in [3.63, 3.8) is 0 Å². The zero-order chi connectivity index (χ0) is 28.2. The van der Waals surface area contributed by atoms with E-state index < -0.39 is 0 Å². The van der Waals surface area contributed by atoms with Crippen molar-refractivity contribution in [1.29, 1.82) is 0 Å². The van der Waals surface area contributed by atoms with E-state index in [1.165, 1.54) is 32.1 Å². The Bertz CT molecular complexity index is 1140. The third kappa shape index (κ3) is 4.80. The normalized spacial score (nSPS) is 40.1. The maximum absolute atomic E-state index is 13.4. The highest BCUT2D eigenvalue weighted by Crippen LogP contribution is 2.67. The summed E-state index contributed by atoms with van der Waals surface area (Å²) in [6.07, 6.45) is 15.6. The van der Waals surface area contributed by atoms with Crippen molar-refractivity contribution in [3.8, 4) is 0 Å². The summed E-state index contributed by atoms with van der Waals surface area (Å²) < 4.78 is 0. The number of aromatic nitrogens is 2. The molecule has 9 atom stereocenters. The van der Waals surface area contributed by atoms with Crippen LogP contribution in [0.25, 0.3) is 0 Å². The SMILES string of the molecule is Cc1nccc(N2CCN(C(=O)CC[C@@H](C)[C@H]3CC[C@H]4[C@@H]5CC=C6C[C@@H](O)CC[C@]6(C)[C@H]5CC[C@]34C)[C@@H](C)C2)n1. The van der Waals surface area contributed by atoms with E-state index in [0.29, 0.717) is 29.1 Å². The van der Waals surface area contributed by atoms with Crippen molar-refractivity contribution in [1.82, 2.24) is 14.9 Å². The minimum Gasteiger partial charge on any atom is -0.393 e. The van der Waals surface area contributed by atoms with E-state index in [1.807, 2.05) is 19.2 Å². The Morgan fingerprint density at radius 3 is 2.75 bits per heavy atom. The second kappa shape index (κ2) is 10.7. The number of anilines is 1. The fourth-order valence-electron chi connectivity index (χ4n) is 10.5. The van der Waals surface area contributed by atoms with Crippen LogP contribution in [0.4, 0.5) is 5.82 Å². The molecule has 1 N–H and O–H groups in total. The van der Waals surface area contributed by atoms with Gasteiger partial charge in [-0.05, 0) is 118 Å². The smallest absolute Gasteiger partial charge is 0.222 e. The first-order chi connectivity index (χ1) is 19.1. The van der Waals surface area contributed by atoms with Gasteiger partial charge in [-0.2, -0.15) is 0 Å². The zero-order valence-electron chi connectivity index (χ0n) is 25.6. The van der Waals surface area contributed by atoms with Crippen LogP contribution in [0.3, 0.4) is 0 Å². The van der Waals surface area contributed by atoms with Gasteiger partial charge < -0.3 is 14.9 Å². The molecule has 1 saturated heterocycles. The Balaban J connectivity index is 1.05. The molecular weight excluding hydrogens is 496 g/mol. The molecule has 0 bridgehead atoms. The molecule has 40 heavy (non-hydrogen) atoms. The quantitative estimate of drug-likeness (QED) is 0.445. The molecule has 6 nitrogen and oxygen atoms in total. The van der Waals surface area contributed by atoms with Gasteiger partial charge in [-0.25, -0.2) is 9.97 Å². The van der Waals surface area contributed by atoms with Crippen LogP contribution in [0.1, 0.15) is 97.7 Å². The number of aryl methyl sites for hydroxylation is 1. The summed E-state index contributed by atoms with van der Waals surface area (Å²) in [6, 6.07) is 2.17. The third-order valence-corrected chi connectivity index (χ3v) is 12.7. The van der Waals surface area contributed by atoms with E-state index in [4.69, 9.17) is 0 Å².